The van der Waals surface area contributed by atoms with Crippen molar-refractivity contribution in [1.29, 1.82) is 0 Å². The third-order valence-electron chi connectivity index (χ3n) is 4.17. The van der Waals surface area contributed by atoms with Crippen molar-refractivity contribution < 1.29 is 4.74 Å². The second-order valence-corrected chi connectivity index (χ2v) is 6.36. The molecule has 1 aromatic heterocycles. The summed E-state index contributed by atoms with van der Waals surface area (Å²) < 4.78 is 7.02. The number of nitrogens with two attached hydrogens (primary N) is 1. The highest BCUT2D eigenvalue weighted by atomic mass is 127. The fourth-order valence-corrected chi connectivity index (χ4v) is 3.73. The molecule has 0 saturated heterocycles. The minimum absolute atomic E-state index is 0.0474. The van der Waals surface area contributed by atoms with Crippen molar-refractivity contribution in [2.24, 2.45) is 5.73 Å². The summed E-state index contributed by atoms with van der Waals surface area (Å²) in [6, 6.07) is 6.06. The molecule has 0 aliphatic heterocycles. The molecule has 1 saturated carbocycles. The summed E-state index contributed by atoms with van der Waals surface area (Å²) in [5, 5.41) is 1.71. The summed E-state index contributed by atoms with van der Waals surface area (Å²) in [4.78, 5) is 14.6. The monoisotopic (exact) mass is 398 g/mol. The second-order valence-electron chi connectivity index (χ2n) is 5.60. The van der Waals surface area contributed by atoms with Gasteiger partial charge in [-0.3, -0.25) is 4.79 Å². The van der Waals surface area contributed by atoms with Gasteiger partial charge in [-0.1, -0.05) is 22.6 Å². The predicted octanol–water partition coefficient (Wildman–Crippen LogP) is 3.11. The highest BCUT2D eigenvalue weighted by Gasteiger charge is 2.21. The van der Waals surface area contributed by atoms with Crippen LogP contribution in [0.15, 0.2) is 29.2 Å². The molecule has 1 heterocycles. The molecule has 1 aliphatic rings. The number of nitrogens with one attached hydrogen (secondary N) is 1. The molecule has 1 fully saturated rings. The molecule has 3 N–H and O–H groups in total. The van der Waals surface area contributed by atoms with E-state index in [1.807, 2.05) is 18.2 Å². The smallest absolute Gasteiger partial charge is 0.255 e. The van der Waals surface area contributed by atoms with Crippen LogP contribution in [0.2, 0.25) is 0 Å². The first kappa shape index (κ1) is 14.8. The zero-order chi connectivity index (χ0) is 14.8. The molecule has 0 bridgehead atoms. The number of pyridine rings is 1. The molecule has 112 valence electrons. The molecule has 4 nitrogen and oxygen atoms in total. The van der Waals surface area contributed by atoms with Crippen LogP contribution in [0.1, 0.15) is 31.2 Å². The van der Waals surface area contributed by atoms with Crippen molar-refractivity contribution in [3.63, 3.8) is 0 Å². The number of halogens is 1. The molecule has 0 radical (unpaired) electrons. The zero-order valence-electron chi connectivity index (χ0n) is 11.8. The number of ether oxygens (including phenoxy) is 1. The minimum Gasteiger partial charge on any atom is -0.490 e. The lowest BCUT2D eigenvalue weighted by molar-refractivity contribution is 0.146. The van der Waals surface area contributed by atoms with Gasteiger partial charge in [0.05, 0.1) is 6.10 Å². The van der Waals surface area contributed by atoms with Gasteiger partial charge in [0.25, 0.3) is 5.56 Å². The van der Waals surface area contributed by atoms with Gasteiger partial charge in [-0.25, -0.2) is 0 Å². The Morgan fingerprint density at radius 3 is 2.67 bits per heavy atom. The highest BCUT2D eigenvalue weighted by molar-refractivity contribution is 14.1. The Morgan fingerprint density at radius 1 is 1.19 bits per heavy atom. The van der Waals surface area contributed by atoms with Gasteiger partial charge in [0, 0.05) is 27.6 Å². The number of aromatic amines is 1. The number of alkyl halides is 1. The van der Waals surface area contributed by atoms with E-state index < -0.39 is 0 Å². The summed E-state index contributed by atoms with van der Waals surface area (Å²) in [6.45, 7) is 0. The van der Waals surface area contributed by atoms with Crippen LogP contribution in [0.5, 0.6) is 5.75 Å². The summed E-state index contributed by atoms with van der Waals surface area (Å²) >= 11 is 2.32. The highest BCUT2D eigenvalue weighted by Crippen LogP contribution is 2.31. The average Bonchev–Trinajstić information content (AvgIpc) is 2.49. The predicted molar refractivity (Wildman–Crippen MR) is 93.2 cm³/mol. The van der Waals surface area contributed by atoms with Gasteiger partial charge in [-0.2, -0.15) is 0 Å². The third-order valence-corrected chi connectivity index (χ3v) is 4.93. The molecule has 0 spiro atoms. The Morgan fingerprint density at radius 2 is 1.95 bits per heavy atom. The topological polar surface area (TPSA) is 68.1 Å². The maximum atomic E-state index is 11.9. The molecule has 1 aromatic carbocycles. The number of benzene rings is 1. The number of H-pyrrole nitrogens is 1. The lowest BCUT2D eigenvalue weighted by atomic mass is 9.93. The Labute approximate surface area is 137 Å². The van der Waals surface area contributed by atoms with E-state index in [0.29, 0.717) is 6.04 Å². The maximum Gasteiger partial charge on any atom is 0.255 e. The van der Waals surface area contributed by atoms with Crippen molar-refractivity contribution in [3.8, 4) is 5.75 Å². The number of fused-ring (bicyclic) bond motifs is 1. The van der Waals surface area contributed by atoms with E-state index in [1.54, 1.807) is 6.20 Å². The zero-order valence-corrected chi connectivity index (χ0v) is 13.9. The van der Waals surface area contributed by atoms with Gasteiger partial charge in [0.15, 0.2) is 0 Å². The molecule has 21 heavy (non-hydrogen) atoms. The molecule has 0 atom stereocenters. The van der Waals surface area contributed by atoms with Gasteiger partial charge in [0.1, 0.15) is 5.75 Å². The lowest BCUT2D eigenvalue weighted by Crippen LogP contribution is -2.31. The van der Waals surface area contributed by atoms with Crippen molar-refractivity contribution in [1.82, 2.24) is 4.98 Å². The van der Waals surface area contributed by atoms with Crippen LogP contribution >= 0.6 is 22.6 Å². The van der Waals surface area contributed by atoms with Gasteiger partial charge in [-0.05, 0) is 49.3 Å². The number of hydrogen-bond donors (Lipinski definition) is 2. The standard InChI is InChI=1S/C16H19IN2O2/c17-9-14-12-7-8-19-16(20)13(12)5-6-15(14)21-11-3-1-10(18)2-4-11/h5-8,10-11H,1-4,9,18H2,(H,19,20)/t10-,11+. The van der Waals surface area contributed by atoms with E-state index in [-0.39, 0.29) is 11.7 Å². The molecule has 3 rings (SSSR count). The SMILES string of the molecule is N[C@H]1CC[C@@H](Oc2ccc3c(=O)[nH]ccc3c2CI)CC1. The Balaban J connectivity index is 1.93. The van der Waals surface area contributed by atoms with Gasteiger partial charge in [-0.15, -0.1) is 0 Å². The molecule has 5 heteroatoms. The van der Waals surface area contributed by atoms with Crippen LogP contribution in [0.4, 0.5) is 0 Å². The molecule has 0 amide bonds. The van der Waals surface area contributed by atoms with E-state index in [0.717, 1.165) is 52.2 Å². The van der Waals surface area contributed by atoms with Crippen LogP contribution in [-0.4, -0.2) is 17.1 Å². The fraction of sp³-hybridized carbons (Fsp3) is 0.438. The molecule has 0 unspecified atom stereocenters. The maximum absolute atomic E-state index is 11.9. The van der Waals surface area contributed by atoms with Crippen molar-refractivity contribution >= 4 is 33.4 Å². The Hall–Kier alpha value is -1.08. The first-order valence-corrected chi connectivity index (χ1v) is 8.83. The van der Waals surface area contributed by atoms with E-state index in [2.05, 4.69) is 27.6 Å². The average molecular weight is 398 g/mol. The largest absolute Gasteiger partial charge is 0.490 e. The fourth-order valence-electron chi connectivity index (χ4n) is 2.95. The quantitative estimate of drug-likeness (QED) is 0.617. The molecule has 1 aliphatic carbocycles. The van der Waals surface area contributed by atoms with Gasteiger partial charge in [0.2, 0.25) is 0 Å². The van der Waals surface area contributed by atoms with Crippen molar-refractivity contribution in [3.05, 3.63) is 40.3 Å². The number of rotatable bonds is 3. The van der Waals surface area contributed by atoms with Gasteiger partial charge >= 0.3 is 0 Å². The Bertz CT molecular complexity index is 690. The molecule has 2 aromatic rings. The van der Waals surface area contributed by atoms with Crippen molar-refractivity contribution in [2.75, 3.05) is 0 Å². The number of hydrogen-bond acceptors (Lipinski definition) is 3. The van der Waals surface area contributed by atoms with Crippen LogP contribution in [0, 0.1) is 0 Å². The van der Waals surface area contributed by atoms with E-state index in [9.17, 15) is 4.79 Å². The normalized spacial score (nSPS) is 22.4. The molecular weight excluding hydrogens is 379 g/mol. The third kappa shape index (κ3) is 3.08. The Kier molecular flexibility index (Phi) is 4.49. The molecular formula is C16H19IN2O2. The minimum atomic E-state index is -0.0474. The first-order valence-electron chi connectivity index (χ1n) is 7.30. The van der Waals surface area contributed by atoms with E-state index >= 15 is 0 Å². The van der Waals surface area contributed by atoms with E-state index in [4.69, 9.17) is 10.5 Å². The second kappa shape index (κ2) is 6.36. The van der Waals surface area contributed by atoms with Crippen molar-refractivity contribution in [2.45, 2.75) is 42.3 Å². The summed E-state index contributed by atoms with van der Waals surface area (Å²) in [5.74, 6) is 0.906. The van der Waals surface area contributed by atoms with Crippen LogP contribution < -0.4 is 16.0 Å². The van der Waals surface area contributed by atoms with E-state index in [1.165, 1.54) is 0 Å². The van der Waals surface area contributed by atoms with Crippen LogP contribution in [0.25, 0.3) is 10.8 Å². The summed E-state index contributed by atoms with van der Waals surface area (Å²) in [6.07, 6.45) is 6.01. The van der Waals surface area contributed by atoms with Gasteiger partial charge < -0.3 is 15.5 Å². The number of aromatic nitrogens is 1. The summed E-state index contributed by atoms with van der Waals surface area (Å²) in [5.41, 5.74) is 7.00. The first-order chi connectivity index (χ1) is 10.2. The van der Waals surface area contributed by atoms with Crippen LogP contribution in [-0.2, 0) is 4.43 Å². The summed E-state index contributed by atoms with van der Waals surface area (Å²) in [7, 11) is 0. The van der Waals surface area contributed by atoms with Crippen LogP contribution in [0.3, 0.4) is 0 Å². The lowest BCUT2D eigenvalue weighted by Gasteiger charge is -2.27.